The molecule has 1 saturated heterocycles. The zero-order valence-corrected chi connectivity index (χ0v) is 9.47. The van der Waals surface area contributed by atoms with Crippen molar-refractivity contribution in [3.63, 3.8) is 0 Å². The lowest BCUT2D eigenvalue weighted by atomic mass is 10.3. The molecule has 1 nitrogen and oxygen atoms in total. The monoisotopic (exact) mass is 292 g/mol. The molecule has 0 aromatic heterocycles. The van der Waals surface area contributed by atoms with Crippen LogP contribution in [0.2, 0.25) is 0 Å². The molecular formula is C9H9IOS. The summed E-state index contributed by atoms with van der Waals surface area (Å²) in [4.78, 5) is 0. The number of hydrogen-bond acceptors (Lipinski definition) is 2. The quantitative estimate of drug-likeness (QED) is 0.775. The second-order valence-corrected chi connectivity index (χ2v) is 5.05. The number of halogens is 1. The summed E-state index contributed by atoms with van der Waals surface area (Å²) in [6, 6.07) is 8.21. The highest BCUT2D eigenvalue weighted by Gasteiger charge is 2.19. The van der Waals surface area contributed by atoms with E-state index in [-0.39, 0.29) is 0 Å². The van der Waals surface area contributed by atoms with Gasteiger partial charge < -0.3 is 4.74 Å². The average Bonchev–Trinajstić information content (AvgIpc) is 2.00. The van der Waals surface area contributed by atoms with Gasteiger partial charge in [0.1, 0.15) is 11.9 Å². The molecule has 1 aliphatic rings. The molecule has 12 heavy (non-hydrogen) atoms. The minimum Gasteiger partial charge on any atom is -0.489 e. The highest BCUT2D eigenvalue weighted by atomic mass is 127. The second kappa shape index (κ2) is 3.87. The van der Waals surface area contributed by atoms with Crippen LogP contribution in [-0.4, -0.2) is 17.6 Å². The topological polar surface area (TPSA) is 9.23 Å². The molecule has 1 fully saturated rings. The number of rotatable bonds is 2. The van der Waals surface area contributed by atoms with E-state index in [4.69, 9.17) is 4.74 Å². The predicted octanol–water partition coefficient (Wildman–Crippen LogP) is 2.79. The van der Waals surface area contributed by atoms with Crippen molar-refractivity contribution in [3.05, 3.63) is 27.8 Å². The smallest absolute Gasteiger partial charge is 0.119 e. The summed E-state index contributed by atoms with van der Waals surface area (Å²) in [5.41, 5.74) is 0. The average molecular weight is 292 g/mol. The van der Waals surface area contributed by atoms with Crippen LogP contribution in [0.3, 0.4) is 0 Å². The molecule has 2 rings (SSSR count). The molecule has 0 N–H and O–H groups in total. The maximum absolute atomic E-state index is 5.68. The van der Waals surface area contributed by atoms with Crippen molar-refractivity contribution in [2.24, 2.45) is 0 Å². The molecule has 0 saturated carbocycles. The lowest BCUT2D eigenvalue weighted by Crippen LogP contribution is -2.30. The lowest BCUT2D eigenvalue weighted by Gasteiger charge is -2.25. The molecular weight excluding hydrogens is 283 g/mol. The van der Waals surface area contributed by atoms with Crippen molar-refractivity contribution >= 4 is 34.4 Å². The Hall–Kier alpha value is 0.1000. The fraction of sp³-hybridized carbons (Fsp3) is 0.333. The van der Waals surface area contributed by atoms with Crippen LogP contribution in [0.15, 0.2) is 24.3 Å². The summed E-state index contributed by atoms with van der Waals surface area (Å²) in [7, 11) is 0. The zero-order valence-electron chi connectivity index (χ0n) is 6.50. The van der Waals surface area contributed by atoms with E-state index >= 15 is 0 Å². The Morgan fingerprint density at radius 3 is 2.42 bits per heavy atom. The SMILES string of the molecule is Ic1ccc(OC2CSC2)cc1. The Morgan fingerprint density at radius 1 is 1.25 bits per heavy atom. The van der Waals surface area contributed by atoms with Gasteiger partial charge in [-0.05, 0) is 46.9 Å². The number of thioether (sulfide) groups is 1. The van der Waals surface area contributed by atoms with E-state index in [1.54, 1.807) is 0 Å². The Kier molecular flexibility index (Phi) is 2.80. The normalized spacial score (nSPS) is 17.1. The van der Waals surface area contributed by atoms with Crippen LogP contribution in [0.1, 0.15) is 0 Å². The number of benzene rings is 1. The fourth-order valence-electron chi connectivity index (χ4n) is 0.988. The van der Waals surface area contributed by atoms with Gasteiger partial charge in [0.25, 0.3) is 0 Å². The third kappa shape index (κ3) is 2.07. The minimum absolute atomic E-state index is 0.454. The van der Waals surface area contributed by atoms with Crippen molar-refractivity contribution in [2.75, 3.05) is 11.5 Å². The van der Waals surface area contributed by atoms with Crippen LogP contribution in [-0.2, 0) is 0 Å². The first-order chi connectivity index (χ1) is 5.84. The standard InChI is InChI=1S/C9H9IOS/c10-7-1-3-8(4-2-7)11-9-5-12-6-9/h1-4,9H,5-6H2. The van der Waals surface area contributed by atoms with Crippen LogP contribution in [0.25, 0.3) is 0 Å². The molecule has 0 atom stereocenters. The van der Waals surface area contributed by atoms with E-state index < -0.39 is 0 Å². The molecule has 0 unspecified atom stereocenters. The second-order valence-electron chi connectivity index (χ2n) is 2.73. The molecule has 0 bridgehead atoms. The van der Waals surface area contributed by atoms with Crippen LogP contribution >= 0.6 is 34.4 Å². The van der Waals surface area contributed by atoms with Gasteiger partial charge in [-0.25, -0.2) is 0 Å². The molecule has 3 heteroatoms. The van der Waals surface area contributed by atoms with E-state index in [2.05, 4.69) is 34.7 Å². The first-order valence-electron chi connectivity index (χ1n) is 3.84. The van der Waals surface area contributed by atoms with Crippen molar-refractivity contribution in [1.82, 2.24) is 0 Å². The molecule has 1 aliphatic heterocycles. The van der Waals surface area contributed by atoms with E-state index in [1.807, 2.05) is 23.9 Å². The number of ether oxygens (including phenoxy) is 1. The lowest BCUT2D eigenvalue weighted by molar-refractivity contribution is 0.240. The maximum atomic E-state index is 5.68. The Bertz CT molecular complexity index is 256. The molecule has 64 valence electrons. The van der Waals surface area contributed by atoms with Gasteiger partial charge >= 0.3 is 0 Å². The first kappa shape index (κ1) is 8.69. The largest absolute Gasteiger partial charge is 0.489 e. The van der Waals surface area contributed by atoms with Crippen LogP contribution in [0, 0.1) is 3.57 Å². The summed E-state index contributed by atoms with van der Waals surface area (Å²) in [6.07, 6.45) is 0.454. The Balaban J connectivity index is 1.98. The summed E-state index contributed by atoms with van der Waals surface area (Å²) >= 11 is 4.23. The maximum Gasteiger partial charge on any atom is 0.119 e. The van der Waals surface area contributed by atoms with Gasteiger partial charge in [0, 0.05) is 15.1 Å². The summed E-state index contributed by atoms with van der Waals surface area (Å²) < 4.78 is 6.93. The van der Waals surface area contributed by atoms with Gasteiger partial charge in [-0.1, -0.05) is 0 Å². The van der Waals surface area contributed by atoms with Crippen molar-refractivity contribution in [3.8, 4) is 5.75 Å². The van der Waals surface area contributed by atoms with Crippen LogP contribution < -0.4 is 4.74 Å². The van der Waals surface area contributed by atoms with E-state index in [0.29, 0.717) is 6.10 Å². The van der Waals surface area contributed by atoms with Gasteiger partial charge in [0.2, 0.25) is 0 Å². The summed E-state index contributed by atoms with van der Waals surface area (Å²) in [5.74, 6) is 3.29. The molecule has 1 heterocycles. The van der Waals surface area contributed by atoms with Gasteiger partial charge in [0.15, 0.2) is 0 Å². The van der Waals surface area contributed by atoms with Crippen LogP contribution in [0.5, 0.6) is 5.75 Å². The van der Waals surface area contributed by atoms with Crippen molar-refractivity contribution in [1.29, 1.82) is 0 Å². The third-order valence-corrected chi connectivity index (χ3v) is 3.66. The first-order valence-corrected chi connectivity index (χ1v) is 6.08. The highest BCUT2D eigenvalue weighted by molar-refractivity contribution is 14.1. The van der Waals surface area contributed by atoms with Gasteiger partial charge in [-0.15, -0.1) is 0 Å². The summed E-state index contributed by atoms with van der Waals surface area (Å²) in [5, 5.41) is 0. The van der Waals surface area contributed by atoms with Gasteiger partial charge in [-0.3, -0.25) is 0 Å². The van der Waals surface area contributed by atoms with E-state index in [0.717, 1.165) is 17.3 Å². The molecule has 0 spiro atoms. The highest BCUT2D eigenvalue weighted by Crippen LogP contribution is 2.24. The molecule has 0 radical (unpaired) electrons. The van der Waals surface area contributed by atoms with E-state index in [1.165, 1.54) is 3.57 Å². The van der Waals surface area contributed by atoms with E-state index in [9.17, 15) is 0 Å². The number of hydrogen-bond donors (Lipinski definition) is 0. The summed E-state index contributed by atoms with van der Waals surface area (Å²) in [6.45, 7) is 0. The van der Waals surface area contributed by atoms with Gasteiger partial charge in [-0.2, -0.15) is 11.8 Å². The zero-order chi connectivity index (χ0) is 8.39. The fourth-order valence-corrected chi connectivity index (χ4v) is 1.91. The molecule has 1 aromatic carbocycles. The predicted molar refractivity (Wildman–Crippen MR) is 60.9 cm³/mol. The molecule has 0 aliphatic carbocycles. The van der Waals surface area contributed by atoms with Crippen molar-refractivity contribution < 1.29 is 4.74 Å². The Labute approximate surface area is 90.0 Å². The Morgan fingerprint density at radius 2 is 1.92 bits per heavy atom. The van der Waals surface area contributed by atoms with Crippen LogP contribution in [0.4, 0.5) is 0 Å². The van der Waals surface area contributed by atoms with Crippen molar-refractivity contribution in [2.45, 2.75) is 6.10 Å². The minimum atomic E-state index is 0.454. The van der Waals surface area contributed by atoms with Gasteiger partial charge in [0.05, 0.1) is 0 Å². The molecule has 0 amide bonds. The third-order valence-electron chi connectivity index (χ3n) is 1.72. The molecule has 1 aromatic rings.